The molecule has 2 aliphatic rings. The standard InChI is InChI=1S/C25H32Cl2N4O3/c1-2-11-31-15-20(27)22(29-31)24(33)30-12-6-10-25(17-30)9-4-3-5-13-34-21-8-7-18(26)14-19(21)23(32)28-16-25/h7-8,14-15H,2-6,9-13,16-17H2,1H3,(H,28,32). The van der Waals surface area contributed by atoms with Crippen LogP contribution in [0.2, 0.25) is 10.0 Å². The second-order valence-electron chi connectivity index (χ2n) is 9.40. The van der Waals surface area contributed by atoms with Crippen molar-refractivity contribution < 1.29 is 14.3 Å². The van der Waals surface area contributed by atoms with Gasteiger partial charge in [-0.05, 0) is 50.3 Å². The molecule has 1 unspecified atom stereocenters. The summed E-state index contributed by atoms with van der Waals surface area (Å²) in [5.74, 6) is 0.207. The number of halogens is 2. The summed E-state index contributed by atoms with van der Waals surface area (Å²) in [5, 5.41) is 8.43. The monoisotopic (exact) mass is 506 g/mol. The van der Waals surface area contributed by atoms with Gasteiger partial charge in [-0.3, -0.25) is 14.3 Å². The summed E-state index contributed by atoms with van der Waals surface area (Å²) in [7, 11) is 0. The summed E-state index contributed by atoms with van der Waals surface area (Å²) in [6.45, 7) is 5.05. The van der Waals surface area contributed by atoms with E-state index in [-0.39, 0.29) is 17.2 Å². The number of likely N-dealkylation sites (tertiary alicyclic amines) is 1. The average Bonchev–Trinajstić information content (AvgIpc) is 3.19. The number of carbonyl (C=O) groups excluding carboxylic acids is 2. The van der Waals surface area contributed by atoms with Gasteiger partial charge in [-0.25, -0.2) is 0 Å². The zero-order valence-corrected chi connectivity index (χ0v) is 21.1. The fraction of sp³-hybridized carbons (Fsp3) is 0.560. The molecule has 2 aliphatic heterocycles. The lowest BCUT2D eigenvalue weighted by molar-refractivity contribution is 0.0463. The van der Waals surface area contributed by atoms with Crippen LogP contribution in [0.1, 0.15) is 72.7 Å². The average molecular weight is 507 g/mol. The van der Waals surface area contributed by atoms with Crippen LogP contribution in [0.4, 0.5) is 0 Å². The number of benzene rings is 1. The Hall–Kier alpha value is -2.25. The second kappa shape index (κ2) is 11.0. The zero-order valence-electron chi connectivity index (χ0n) is 19.6. The van der Waals surface area contributed by atoms with Gasteiger partial charge < -0.3 is 15.0 Å². The summed E-state index contributed by atoms with van der Waals surface area (Å²) >= 11 is 12.5. The number of amides is 2. The first-order chi connectivity index (χ1) is 16.4. The van der Waals surface area contributed by atoms with Crippen molar-refractivity contribution in [2.45, 2.75) is 58.4 Å². The Bertz CT molecular complexity index is 1040. The molecule has 1 spiro atoms. The van der Waals surface area contributed by atoms with Crippen molar-refractivity contribution in [1.82, 2.24) is 20.0 Å². The number of carbonyl (C=O) groups is 2. The van der Waals surface area contributed by atoms with E-state index in [4.69, 9.17) is 27.9 Å². The van der Waals surface area contributed by atoms with Crippen molar-refractivity contribution in [2.24, 2.45) is 5.41 Å². The number of nitrogens with one attached hydrogen (secondary N) is 1. The molecule has 1 N–H and O–H groups in total. The molecule has 2 aromatic rings. The SMILES string of the molecule is CCCn1cc(Cl)c(C(=O)N2CCCC3(CCCCCOc4ccc(Cl)cc4C(=O)NC3)C2)n1. The quantitative estimate of drug-likeness (QED) is 0.619. The summed E-state index contributed by atoms with van der Waals surface area (Å²) in [4.78, 5) is 28.3. The highest BCUT2D eigenvalue weighted by atomic mass is 35.5. The number of rotatable bonds is 3. The maximum Gasteiger partial charge on any atom is 0.275 e. The van der Waals surface area contributed by atoms with E-state index in [9.17, 15) is 9.59 Å². The molecule has 0 aliphatic carbocycles. The van der Waals surface area contributed by atoms with Gasteiger partial charge in [-0.2, -0.15) is 5.10 Å². The Morgan fingerprint density at radius 2 is 2.03 bits per heavy atom. The number of hydrogen-bond acceptors (Lipinski definition) is 4. The lowest BCUT2D eigenvalue weighted by Crippen LogP contribution is -2.51. The van der Waals surface area contributed by atoms with Gasteiger partial charge in [0.25, 0.3) is 11.8 Å². The van der Waals surface area contributed by atoms with Crippen LogP contribution in [0.15, 0.2) is 24.4 Å². The van der Waals surface area contributed by atoms with Gasteiger partial charge in [0.15, 0.2) is 5.69 Å². The lowest BCUT2D eigenvalue weighted by atomic mass is 9.75. The highest BCUT2D eigenvalue weighted by Crippen LogP contribution is 2.36. The highest BCUT2D eigenvalue weighted by Gasteiger charge is 2.38. The molecule has 3 heterocycles. The van der Waals surface area contributed by atoms with E-state index in [0.29, 0.717) is 53.3 Å². The molecule has 9 heteroatoms. The third kappa shape index (κ3) is 5.69. The molecule has 0 radical (unpaired) electrons. The second-order valence-corrected chi connectivity index (χ2v) is 10.2. The third-order valence-corrected chi connectivity index (χ3v) is 7.25. The van der Waals surface area contributed by atoms with Crippen LogP contribution >= 0.6 is 23.2 Å². The Morgan fingerprint density at radius 3 is 2.85 bits per heavy atom. The lowest BCUT2D eigenvalue weighted by Gasteiger charge is -2.43. The van der Waals surface area contributed by atoms with Crippen molar-refractivity contribution in [1.29, 1.82) is 0 Å². The van der Waals surface area contributed by atoms with E-state index in [1.54, 1.807) is 29.1 Å². The molecular formula is C25H32Cl2N4O3. The molecule has 1 atom stereocenters. The van der Waals surface area contributed by atoms with Gasteiger partial charge >= 0.3 is 0 Å². The number of hydrogen-bond donors (Lipinski definition) is 1. The Morgan fingerprint density at radius 1 is 1.21 bits per heavy atom. The van der Waals surface area contributed by atoms with Crippen LogP contribution in [0, 0.1) is 5.41 Å². The number of fused-ring (bicyclic) bond motifs is 1. The number of aryl methyl sites for hydroxylation is 1. The van der Waals surface area contributed by atoms with Crippen molar-refractivity contribution in [3.63, 3.8) is 0 Å². The van der Waals surface area contributed by atoms with Crippen LogP contribution in [-0.2, 0) is 6.54 Å². The maximum atomic E-state index is 13.4. The third-order valence-electron chi connectivity index (χ3n) is 6.74. The number of aromatic nitrogens is 2. The van der Waals surface area contributed by atoms with Gasteiger partial charge in [0.05, 0.1) is 17.2 Å². The van der Waals surface area contributed by atoms with Crippen LogP contribution < -0.4 is 10.1 Å². The van der Waals surface area contributed by atoms with Crippen molar-refractivity contribution >= 4 is 35.0 Å². The molecule has 0 bridgehead atoms. The first kappa shape index (κ1) is 24.9. The van der Waals surface area contributed by atoms with Gasteiger partial charge in [-0.15, -0.1) is 0 Å². The summed E-state index contributed by atoms with van der Waals surface area (Å²) in [6, 6.07) is 5.13. The predicted molar refractivity (Wildman–Crippen MR) is 133 cm³/mol. The highest BCUT2D eigenvalue weighted by molar-refractivity contribution is 6.33. The molecular weight excluding hydrogens is 475 g/mol. The minimum atomic E-state index is -0.206. The topological polar surface area (TPSA) is 76.5 Å². The fourth-order valence-electron chi connectivity index (χ4n) is 4.98. The molecule has 0 saturated carbocycles. The molecule has 7 nitrogen and oxygen atoms in total. The molecule has 1 aromatic carbocycles. The largest absolute Gasteiger partial charge is 0.493 e. The molecule has 1 aromatic heterocycles. The van der Waals surface area contributed by atoms with Crippen molar-refractivity contribution in [2.75, 3.05) is 26.2 Å². The molecule has 2 amide bonds. The summed E-state index contributed by atoms with van der Waals surface area (Å²) in [6.07, 6.45) is 8.34. The molecule has 4 rings (SSSR count). The zero-order chi connectivity index (χ0) is 24.1. The minimum Gasteiger partial charge on any atom is -0.493 e. The van der Waals surface area contributed by atoms with Crippen molar-refractivity contribution in [3.05, 3.63) is 45.7 Å². The van der Waals surface area contributed by atoms with Crippen LogP contribution in [0.3, 0.4) is 0 Å². The summed E-state index contributed by atoms with van der Waals surface area (Å²) < 4.78 is 7.59. The van der Waals surface area contributed by atoms with E-state index < -0.39 is 0 Å². The number of nitrogens with zero attached hydrogens (tertiary/aromatic N) is 3. The van der Waals surface area contributed by atoms with E-state index in [2.05, 4.69) is 17.3 Å². The van der Waals surface area contributed by atoms with Gasteiger partial charge in [0, 0.05) is 42.8 Å². The summed E-state index contributed by atoms with van der Waals surface area (Å²) in [5.41, 5.74) is 0.561. The number of ether oxygens (including phenoxy) is 1. The predicted octanol–water partition coefficient (Wildman–Crippen LogP) is 5.21. The van der Waals surface area contributed by atoms with Crippen molar-refractivity contribution in [3.8, 4) is 5.75 Å². The molecule has 34 heavy (non-hydrogen) atoms. The molecule has 1 saturated heterocycles. The smallest absolute Gasteiger partial charge is 0.275 e. The normalized spacial score (nSPS) is 21.7. The first-order valence-corrected chi connectivity index (χ1v) is 12.9. The van der Waals surface area contributed by atoms with Crippen LogP contribution in [0.5, 0.6) is 5.75 Å². The van der Waals surface area contributed by atoms with E-state index >= 15 is 0 Å². The van der Waals surface area contributed by atoms with Crippen LogP contribution in [0.25, 0.3) is 0 Å². The minimum absolute atomic E-state index is 0.137. The van der Waals surface area contributed by atoms with Gasteiger partial charge in [0.1, 0.15) is 5.75 Å². The van der Waals surface area contributed by atoms with E-state index in [1.807, 2.05) is 4.90 Å². The Labute approximate surface area is 210 Å². The molecule has 1 fully saturated rings. The Kier molecular flexibility index (Phi) is 8.04. The van der Waals surface area contributed by atoms with Crippen LogP contribution in [-0.4, -0.2) is 52.7 Å². The Balaban J connectivity index is 1.53. The first-order valence-electron chi connectivity index (χ1n) is 12.1. The van der Waals surface area contributed by atoms with Gasteiger partial charge in [0.2, 0.25) is 0 Å². The van der Waals surface area contributed by atoms with E-state index in [0.717, 1.165) is 51.5 Å². The fourth-order valence-corrected chi connectivity index (χ4v) is 5.39. The van der Waals surface area contributed by atoms with E-state index in [1.165, 1.54) is 0 Å². The van der Waals surface area contributed by atoms with Gasteiger partial charge in [-0.1, -0.05) is 43.0 Å². The molecule has 184 valence electrons. The maximum absolute atomic E-state index is 13.4. The number of piperidine rings is 1.